The highest BCUT2D eigenvalue weighted by molar-refractivity contribution is 5.79. The molecule has 108 valence electrons. The van der Waals surface area contributed by atoms with E-state index >= 15 is 0 Å². The molecule has 2 aliphatic heterocycles. The van der Waals surface area contributed by atoms with Gasteiger partial charge in [-0.1, -0.05) is 0 Å². The fourth-order valence-electron chi connectivity index (χ4n) is 3.77. The van der Waals surface area contributed by atoms with Crippen molar-refractivity contribution in [3.05, 3.63) is 0 Å². The van der Waals surface area contributed by atoms with Gasteiger partial charge >= 0.3 is 0 Å². The van der Waals surface area contributed by atoms with Gasteiger partial charge in [0.1, 0.15) is 0 Å². The Labute approximate surface area is 112 Å². The number of fused-ring (bicyclic) bond motifs is 1. The fraction of sp³-hybridized carbons (Fsp3) is 0.929. The Balaban J connectivity index is 1.56. The molecule has 5 heteroatoms. The minimum Gasteiger partial charge on any atom is -0.341 e. The SMILES string of the molecule is O=C(C1CCC(F)(F)CC1)N1CC2CCCNC2C1. The van der Waals surface area contributed by atoms with Gasteiger partial charge in [0.05, 0.1) is 0 Å². The quantitative estimate of drug-likeness (QED) is 0.792. The lowest BCUT2D eigenvalue weighted by Gasteiger charge is -2.30. The van der Waals surface area contributed by atoms with Crippen LogP contribution in [-0.2, 0) is 4.79 Å². The van der Waals surface area contributed by atoms with Crippen LogP contribution < -0.4 is 5.32 Å². The third kappa shape index (κ3) is 2.76. The van der Waals surface area contributed by atoms with Crippen molar-refractivity contribution in [2.45, 2.75) is 50.5 Å². The van der Waals surface area contributed by atoms with Crippen LogP contribution in [-0.4, -0.2) is 42.4 Å². The first kappa shape index (κ1) is 13.3. The molecule has 3 aliphatic rings. The first-order valence-corrected chi connectivity index (χ1v) is 7.45. The molecule has 2 atom stereocenters. The van der Waals surface area contributed by atoms with E-state index in [-0.39, 0.29) is 24.7 Å². The molecule has 0 aromatic heterocycles. The summed E-state index contributed by atoms with van der Waals surface area (Å²) in [6, 6.07) is 0.433. The Kier molecular flexibility index (Phi) is 3.50. The molecule has 0 spiro atoms. The summed E-state index contributed by atoms with van der Waals surface area (Å²) in [5.74, 6) is -2.02. The second-order valence-corrected chi connectivity index (χ2v) is 6.34. The summed E-state index contributed by atoms with van der Waals surface area (Å²) in [6.07, 6.45) is 2.82. The second-order valence-electron chi connectivity index (χ2n) is 6.34. The molecule has 2 heterocycles. The maximum atomic E-state index is 13.1. The Morgan fingerprint density at radius 3 is 2.58 bits per heavy atom. The molecule has 1 saturated carbocycles. The average molecular weight is 272 g/mol. The molecule has 0 aromatic rings. The number of amides is 1. The number of nitrogens with one attached hydrogen (secondary N) is 1. The molecule has 19 heavy (non-hydrogen) atoms. The van der Waals surface area contributed by atoms with Gasteiger partial charge in [0.25, 0.3) is 0 Å². The smallest absolute Gasteiger partial charge is 0.248 e. The Morgan fingerprint density at radius 1 is 1.16 bits per heavy atom. The largest absolute Gasteiger partial charge is 0.341 e. The molecule has 1 amide bonds. The maximum Gasteiger partial charge on any atom is 0.248 e. The minimum atomic E-state index is -2.54. The van der Waals surface area contributed by atoms with E-state index in [0.717, 1.165) is 19.6 Å². The lowest BCUT2D eigenvalue weighted by Crippen LogP contribution is -2.42. The third-order valence-electron chi connectivity index (χ3n) is 4.98. The lowest BCUT2D eigenvalue weighted by atomic mass is 9.86. The molecule has 0 aromatic carbocycles. The van der Waals surface area contributed by atoms with Gasteiger partial charge in [0.15, 0.2) is 0 Å². The number of alkyl halides is 2. The highest BCUT2D eigenvalue weighted by Crippen LogP contribution is 2.37. The number of hydrogen-bond donors (Lipinski definition) is 1. The maximum absolute atomic E-state index is 13.1. The van der Waals surface area contributed by atoms with Crippen LogP contribution in [0, 0.1) is 11.8 Å². The van der Waals surface area contributed by atoms with Crippen LogP contribution in [0.2, 0.25) is 0 Å². The summed E-state index contributed by atoms with van der Waals surface area (Å²) in [4.78, 5) is 14.3. The van der Waals surface area contributed by atoms with Crippen LogP contribution in [0.5, 0.6) is 0 Å². The van der Waals surface area contributed by atoms with Crippen molar-refractivity contribution in [1.82, 2.24) is 10.2 Å². The normalized spacial score (nSPS) is 35.2. The molecule has 2 unspecified atom stereocenters. The molecule has 3 rings (SSSR count). The van der Waals surface area contributed by atoms with E-state index in [0.29, 0.717) is 24.8 Å². The topological polar surface area (TPSA) is 32.3 Å². The number of carbonyl (C=O) groups is 1. The second kappa shape index (κ2) is 5.00. The van der Waals surface area contributed by atoms with Crippen molar-refractivity contribution in [3.8, 4) is 0 Å². The van der Waals surface area contributed by atoms with Gasteiger partial charge in [-0.3, -0.25) is 4.79 Å². The monoisotopic (exact) mass is 272 g/mol. The Hall–Kier alpha value is -0.710. The van der Waals surface area contributed by atoms with Gasteiger partial charge in [-0.25, -0.2) is 8.78 Å². The molecule has 1 N–H and O–H groups in total. The first-order chi connectivity index (χ1) is 9.05. The van der Waals surface area contributed by atoms with Gasteiger partial charge in [0, 0.05) is 37.9 Å². The molecule has 3 fully saturated rings. The Morgan fingerprint density at radius 2 is 1.89 bits per heavy atom. The summed E-state index contributed by atoms with van der Waals surface area (Å²) in [5.41, 5.74) is 0. The Bertz CT molecular complexity index is 337. The fourth-order valence-corrected chi connectivity index (χ4v) is 3.77. The van der Waals surface area contributed by atoms with E-state index in [4.69, 9.17) is 0 Å². The molecule has 2 saturated heterocycles. The van der Waals surface area contributed by atoms with Crippen LogP contribution in [0.3, 0.4) is 0 Å². The molecule has 0 radical (unpaired) electrons. The van der Waals surface area contributed by atoms with Crippen molar-refractivity contribution in [3.63, 3.8) is 0 Å². The number of rotatable bonds is 1. The van der Waals surface area contributed by atoms with Gasteiger partial charge in [0.2, 0.25) is 11.8 Å². The summed E-state index contributed by atoms with van der Waals surface area (Å²) in [7, 11) is 0. The number of piperidine rings is 1. The highest BCUT2D eigenvalue weighted by atomic mass is 19.3. The standard InChI is InChI=1S/C14H22F2N2O/c15-14(16)5-3-10(4-6-14)13(19)18-8-11-2-1-7-17-12(11)9-18/h10-12,17H,1-9H2. The van der Waals surface area contributed by atoms with E-state index in [1.54, 1.807) is 0 Å². The van der Waals surface area contributed by atoms with Crippen molar-refractivity contribution in [2.24, 2.45) is 11.8 Å². The van der Waals surface area contributed by atoms with Crippen LogP contribution in [0.1, 0.15) is 38.5 Å². The summed E-state index contributed by atoms with van der Waals surface area (Å²) in [6.45, 7) is 2.64. The van der Waals surface area contributed by atoms with E-state index in [1.165, 1.54) is 12.8 Å². The van der Waals surface area contributed by atoms with Crippen LogP contribution in [0.4, 0.5) is 8.78 Å². The van der Waals surface area contributed by atoms with E-state index in [9.17, 15) is 13.6 Å². The van der Waals surface area contributed by atoms with E-state index in [1.807, 2.05) is 4.90 Å². The van der Waals surface area contributed by atoms with Crippen LogP contribution in [0.25, 0.3) is 0 Å². The number of carbonyl (C=O) groups excluding carboxylic acids is 1. The third-order valence-corrected chi connectivity index (χ3v) is 4.98. The van der Waals surface area contributed by atoms with Crippen molar-refractivity contribution in [1.29, 1.82) is 0 Å². The molecule has 0 bridgehead atoms. The molecule has 1 aliphatic carbocycles. The average Bonchev–Trinajstić information content (AvgIpc) is 2.81. The van der Waals surface area contributed by atoms with Crippen LogP contribution >= 0.6 is 0 Å². The van der Waals surface area contributed by atoms with Gasteiger partial charge < -0.3 is 10.2 Å². The summed E-state index contributed by atoms with van der Waals surface area (Å²) < 4.78 is 26.3. The minimum absolute atomic E-state index is 0.117. The van der Waals surface area contributed by atoms with Crippen molar-refractivity contribution in [2.75, 3.05) is 19.6 Å². The predicted octanol–water partition coefficient (Wildman–Crippen LogP) is 2.02. The van der Waals surface area contributed by atoms with Crippen molar-refractivity contribution < 1.29 is 13.6 Å². The van der Waals surface area contributed by atoms with Gasteiger partial charge in [-0.05, 0) is 38.1 Å². The number of hydrogen-bond acceptors (Lipinski definition) is 2. The van der Waals surface area contributed by atoms with E-state index < -0.39 is 5.92 Å². The predicted molar refractivity (Wildman–Crippen MR) is 68.0 cm³/mol. The molecule has 3 nitrogen and oxygen atoms in total. The number of nitrogens with zero attached hydrogens (tertiary/aromatic N) is 1. The lowest BCUT2D eigenvalue weighted by molar-refractivity contribution is -0.138. The highest BCUT2D eigenvalue weighted by Gasteiger charge is 2.42. The zero-order chi connectivity index (χ0) is 13.5. The first-order valence-electron chi connectivity index (χ1n) is 7.45. The van der Waals surface area contributed by atoms with Gasteiger partial charge in [-0.2, -0.15) is 0 Å². The van der Waals surface area contributed by atoms with Crippen molar-refractivity contribution >= 4 is 5.91 Å². The number of likely N-dealkylation sites (tertiary alicyclic amines) is 1. The number of halogens is 2. The zero-order valence-electron chi connectivity index (χ0n) is 11.2. The molecular weight excluding hydrogens is 250 g/mol. The van der Waals surface area contributed by atoms with Gasteiger partial charge in [-0.15, -0.1) is 0 Å². The summed E-state index contributed by atoms with van der Waals surface area (Å²) in [5, 5.41) is 3.47. The summed E-state index contributed by atoms with van der Waals surface area (Å²) >= 11 is 0. The van der Waals surface area contributed by atoms with E-state index in [2.05, 4.69) is 5.32 Å². The van der Waals surface area contributed by atoms with Crippen LogP contribution in [0.15, 0.2) is 0 Å². The molecular formula is C14H22F2N2O. The zero-order valence-corrected chi connectivity index (χ0v) is 11.2.